The van der Waals surface area contributed by atoms with Crippen molar-refractivity contribution >= 4 is 5.97 Å². The molecule has 0 aromatic heterocycles. The second-order valence-electron chi connectivity index (χ2n) is 6.67. The van der Waals surface area contributed by atoms with Crippen LogP contribution in [0.3, 0.4) is 0 Å². The highest BCUT2D eigenvalue weighted by Gasteiger charge is 2.19. The number of likely N-dealkylation sites (tertiary alicyclic amines) is 1. The molecule has 0 atom stereocenters. The largest absolute Gasteiger partial charge is 0.478 e. The van der Waals surface area contributed by atoms with Crippen LogP contribution in [0.15, 0.2) is 24.3 Å². The lowest BCUT2D eigenvalue weighted by molar-refractivity contribution is 0.0697. The second kappa shape index (κ2) is 8.30. The summed E-state index contributed by atoms with van der Waals surface area (Å²) in [5, 5.41) is 8.92. The zero-order valence-electron chi connectivity index (χ0n) is 13.8. The third kappa shape index (κ3) is 5.43. The molecule has 1 N–H and O–H groups in total. The van der Waals surface area contributed by atoms with E-state index in [2.05, 4.69) is 23.9 Å². The molecule has 0 saturated carbocycles. The lowest BCUT2D eigenvalue weighted by Gasteiger charge is -2.32. The summed E-state index contributed by atoms with van der Waals surface area (Å²) in [6, 6.07) is 7.27. The van der Waals surface area contributed by atoms with E-state index in [1.165, 1.54) is 37.8 Å². The Morgan fingerprint density at radius 2 is 1.86 bits per heavy atom. The van der Waals surface area contributed by atoms with Crippen molar-refractivity contribution < 1.29 is 9.90 Å². The summed E-state index contributed by atoms with van der Waals surface area (Å²) in [6.45, 7) is 4.45. The molecule has 2 rings (SSSR count). The minimum Gasteiger partial charge on any atom is -0.478 e. The van der Waals surface area contributed by atoms with Gasteiger partial charge in [0.25, 0.3) is 0 Å². The smallest absolute Gasteiger partial charge is 0.335 e. The Balaban J connectivity index is 1.71. The Hall–Kier alpha value is -1.39. The lowest BCUT2D eigenvalue weighted by atomic mass is 9.92. The van der Waals surface area contributed by atoms with E-state index in [0.717, 1.165) is 25.6 Å². The highest BCUT2D eigenvalue weighted by atomic mass is 16.4. The van der Waals surface area contributed by atoms with Gasteiger partial charge in [0.2, 0.25) is 0 Å². The first kappa shape index (κ1) is 17.0. The molecule has 22 heavy (non-hydrogen) atoms. The van der Waals surface area contributed by atoms with Crippen molar-refractivity contribution in [1.82, 2.24) is 9.80 Å². The fraction of sp³-hybridized carbons (Fsp3) is 0.611. The van der Waals surface area contributed by atoms with Gasteiger partial charge in [-0.3, -0.25) is 4.90 Å². The minimum atomic E-state index is -0.856. The fourth-order valence-electron chi connectivity index (χ4n) is 3.14. The number of carbonyl (C=O) groups is 1. The van der Waals surface area contributed by atoms with Crippen molar-refractivity contribution in [3.8, 4) is 0 Å². The molecule has 0 unspecified atom stereocenters. The molecule has 0 radical (unpaired) electrons. The number of nitrogens with zero attached hydrogens (tertiary/aromatic N) is 2. The predicted octanol–water partition coefficient (Wildman–Crippen LogP) is 2.94. The summed E-state index contributed by atoms with van der Waals surface area (Å²) in [5.41, 5.74) is 1.57. The highest BCUT2D eigenvalue weighted by molar-refractivity contribution is 5.87. The van der Waals surface area contributed by atoms with Gasteiger partial charge in [-0.05, 0) is 83.0 Å². The van der Waals surface area contributed by atoms with Crippen LogP contribution in [0.4, 0.5) is 0 Å². The van der Waals surface area contributed by atoms with E-state index in [0.29, 0.717) is 5.56 Å². The number of hydrogen-bond acceptors (Lipinski definition) is 3. The average Bonchev–Trinajstić information content (AvgIpc) is 2.49. The van der Waals surface area contributed by atoms with E-state index in [1.54, 1.807) is 12.1 Å². The summed E-state index contributed by atoms with van der Waals surface area (Å²) < 4.78 is 0. The second-order valence-corrected chi connectivity index (χ2v) is 6.67. The number of rotatable bonds is 7. The van der Waals surface area contributed by atoms with Gasteiger partial charge in [0.05, 0.1) is 5.56 Å². The topological polar surface area (TPSA) is 43.8 Å². The van der Waals surface area contributed by atoms with Gasteiger partial charge >= 0.3 is 5.97 Å². The third-order valence-electron chi connectivity index (χ3n) is 4.53. The summed E-state index contributed by atoms with van der Waals surface area (Å²) in [7, 11) is 4.27. The fourth-order valence-corrected chi connectivity index (χ4v) is 3.14. The van der Waals surface area contributed by atoms with Gasteiger partial charge in [0.15, 0.2) is 0 Å². The molecule has 1 aliphatic rings. The minimum absolute atomic E-state index is 0.364. The maximum atomic E-state index is 10.9. The molecule has 0 bridgehead atoms. The average molecular weight is 304 g/mol. The van der Waals surface area contributed by atoms with Crippen molar-refractivity contribution in [2.45, 2.75) is 32.2 Å². The SMILES string of the molecule is CN(C)CCCC1CCN(Cc2ccc(C(=O)O)cc2)CC1. The van der Waals surface area contributed by atoms with Crippen LogP contribution in [-0.4, -0.2) is 54.6 Å². The number of carboxylic acid groups (broad SMARTS) is 1. The van der Waals surface area contributed by atoms with Crippen LogP contribution in [0.1, 0.15) is 41.6 Å². The summed E-state index contributed by atoms with van der Waals surface area (Å²) in [5.74, 6) is 0.0238. The zero-order valence-corrected chi connectivity index (χ0v) is 13.8. The van der Waals surface area contributed by atoms with E-state index < -0.39 is 5.97 Å². The molecule has 122 valence electrons. The third-order valence-corrected chi connectivity index (χ3v) is 4.53. The Morgan fingerprint density at radius 1 is 1.23 bits per heavy atom. The first-order valence-electron chi connectivity index (χ1n) is 8.24. The summed E-state index contributed by atoms with van der Waals surface area (Å²) in [6.07, 6.45) is 5.23. The van der Waals surface area contributed by atoms with E-state index in [-0.39, 0.29) is 0 Å². The Morgan fingerprint density at radius 3 is 2.41 bits per heavy atom. The Labute approximate surface area is 133 Å². The number of hydrogen-bond donors (Lipinski definition) is 1. The van der Waals surface area contributed by atoms with Gasteiger partial charge in [-0.2, -0.15) is 0 Å². The van der Waals surface area contributed by atoms with Crippen LogP contribution in [0, 0.1) is 5.92 Å². The molecule has 0 amide bonds. The molecule has 0 aliphatic carbocycles. The molecule has 1 saturated heterocycles. The molecule has 1 aliphatic heterocycles. The van der Waals surface area contributed by atoms with E-state index in [9.17, 15) is 4.79 Å². The summed E-state index contributed by atoms with van der Waals surface area (Å²) >= 11 is 0. The molecule has 1 aromatic carbocycles. The van der Waals surface area contributed by atoms with Crippen LogP contribution in [0.5, 0.6) is 0 Å². The molecule has 1 fully saturated rings. The predicted molar refractivity (Wildman–Crippen MR) is 89.2 cm³/mol. The zero-order chi connectivity index (χ0) is 15.9. The van der Waals surface area contributed by atoms with Crippen molar-refractivity contribution in [1.29, 1.82) is 0 Å². The Kier molecular flexibility index (Phi) is 6.40. The van der Waals surface area contributed by atoms with Gasteiger partial charge in [-0.15, -0.1) is 0 Å². The van der Waals surface area contributed by atoms with Crippen LogP contribution in [0.2, 0.25) is 0 Å². The van der Waals surface area contributed by atoms with Crippen LogP contribution < -0.4 is 0 Å². The normalized spacial score (nSPS) is 17.0. The molecule has 1 heterocycles. The van der Waals surface area contributed by atoms with Gasteiger partial charge < -0.3 is 10.0 Å². The number of carboxylic acids is 1. The molecular weight excluding hydrogens is 276 g/mol. The standard InChI is InChI=1S/C18H28N2O2/c1-19(2)11-3-4-15-9-12-20(13-10-15)14-16-5-7-17(8-6-16)18(21)22/h5-8,15H,3-4,9-14H2,1-2H3,(H,21,22). The monoisotopic (exact) mass is 304 g/mol. The molecule has 4 nitrogen and oxygen atoms in total. The maximum absolute atomic E-state index is 10.9. The van der Waals surface area contributed by atoms with Crippen molar-refractivity contribution in [2.24, 2.45) is 5.92 Å². The first-order valence-corrected chi connectivity index (χ1v) is 8.24. The highest BCUT2D eigenvalue weighted by Crippen LogP contribution is 2.23. The van der Waals surface area contributed by atoms with Crippen LogP contribution in [-0.2, 0) is 6.54 Å². The quantitative estimate of drug-likeness (QED) is 0.841. The maximum Gasteiger partial charge on any atom is 0.335 e. The van der Waals surface area contributed by atoms with Gasteiger partial charge in [-0.25, -0.2) is 4.79 Å². The van der Waals surface area contributed by atoms with Crippen molar-refractivity contribution in [3.63, 3.8) is 0 Å². The molecule has 1 aromatic rings. The van der Waals surface area contributed by atoms with Crippen molar-refractivity contribution in [3.05, 3.63) is 35.4 Å². The van der Waals surface area contributed by atoms with Gasteiger partial charge in [0.1, 0.15) is 0 Å². The molecule has 4 heteroatoms. The lowest BCUT2D eigenvalue weighted by Crippen LogP contribution is -2.33. The van der Waals surface area contributed by atoms with Crippen molar-refractivity contribution in [2.75, 3.05) is 33.7 Å². The van der Waals surface area contributed by atoms with Gasteiger partial charge in [-0.1, -0.05) is 12.1 Å². The molecule has 0 spiro atoms. The van der Waals surface area contributed by atoms with Crippen LogP contribution >= 0.6 is 0 Å². The molecular formula is C18H28N2O2. The van der Waals surface area contributed by atoms with Crippen LogP contribution in [0.25, 0.3) is 0 Å². The summed E-state index contributed by atoms with van der Waals surface area (Å²) in [4.78, 5) is 15.6. The van der Waals surface area contributed by atoms with E-state index >= 15 is 0 Å². The van der Waals surface area contributed by atoms with Gasteiger partial charge in [0, 0.05) is 6.54 Å². The number of benzene rings is 1. The van der Waals surface area contributed by atoms with E-state index in [1.807, 2.05) is 12.1 Å². The number of piperidine rings is 1. The number of aromatic carboxylic acids is 1. The first-order chi connectivity index (χ1) is 10.5. The van der Waals surface area contributed by atoms with E-state index in [4.69, 9.17) is 5.11 Å². The Bertz CT molecular complexity index is 462.